The van der Waals surface area contributed by atoms with E-state index >= 15 is 0 Å². The topological polar surface area (TPSA) is 61.7 Å². The Balaban J connectivity index is 1.73. The molecule has 0 bridgehead atoms. The predicted molar refractivity (Wildman–Crippen MR) is 89.4 cm³/mol. The van der Waals surface area contributed by atoms with Crippen LogP contribution >= 0.6 is 0 Å². The van der Waals surface area contributed by atoms with Gasteiger partial charge in [-0.05, 0) is 29.7 Å². The van der Waals surface area contributed by atoms with E-state index < -0.39 is 12.2 Å². The average molecular weight is 313 g/mol. The van der Waals surface area contributed by atoms with Crippen LogP contribution in [0.4, 0.5) is 0 Å². The Morgan fingerprint density at radius 3 is 2.61 bits per heavy atom. The van der Waals surface area contributed by atoms with Crippen molar-refractivity contribution < 1.29 is 14.9 Å². The number of nitrogens with one attached hydrogen (secondary N) is 1. The monoisotopic (exact) mass is 313 g/mol. The van der Waals surface area contributed by atoms with E-state index in [9.17, 15) is 10.2 Å². The van der Waals surface area contributed by atoms with Gasteiger partial charge in [0.2, 0.25) is 0 Å². The van der Waals surface area contributed by atoms with Crippen molar-refractivity contribution in [3.05, 3.63) is 65.7 Å². The first-order valence-corrected chi connectivity index (χ1v) is 7.96. The van der Waals surface area contributed by atoms with Crippen LogP contribution in [0.15, 0.2) is 54.6 Å². The molecule has 0 saturated heterocycles. The minimum atomic E-state index is -0.759. The van der Waals surface area contributed by atoms with Gasteiger partial charge in [0.15, 0.2) is 0 Å². The van der Waals surface area contributed by atoms with Gasteiger partial charge in [-0.25, -0.2) is 0 Å². The summed E-state index contributed by atoms with van der Waals surface area (Å²) in [5, 5.41) is 23.8. The zero-order chi connectivity index (χ0) is 16.2. The fraction of sp³-hybridized carbons (Fsp3) is 0.368. The SMILES string of the molecule is COc1cccc(CN[C@H]2[C@H](O)[C@H](O)C[C@@H]2c2ccccc2)c1. The summed E-state index contributed by atoms with van der Waals surface area (Å²) in [4.78, 5) is 0. The van der Waals surface area contributed by atoms with Crippen molar-refractivity contribution in [1.82, 2.24) is 5.32 Å². The molecule has 1 fully saturated rings. The van der Waals surface area contributed by atoms with Crippen LogP contribution in [0.25, 0.3) is 0 Å². The third kappa shape index (κ3) is 3.55. The second kappa shape index (κ2) is 7.13. The van der Waals surface area contributed by atoms with Crippen molar-refractivity contribution in [3.8, 4) is 5.75 Å². The lowest BCUT2D eigenvalue weighted by atomic mass is 9.93. The molecule has 4 atom stereocenters. The Morgan fingerprint density at radius 1 is 1.09 bits per heavy atom. The Hall–Kier alpha value is -1.88. The van der Waals surface area contributed by atoms with Crippen molar-refractivity contribution in [3.63, 3.8) is 0 Å². The summed E-state index contributed by atoms with van der Waals surface area (Å²) in [6.45, 7) is 0.620. The molecule has 4 nitrogen and oxygen atoms in total. The Bertz CT molecular complexity index is 632. The third-order valence-electron chi connectivity index (χ3n) is 4.59. The van der Waals surface area contributed by atoms with E-state index in [4.69, 9.17) is 4.74 Å². The number of aliphatic hydroxyl groups is 2. The van der Waals surface area contributed by atoms with Gasteiger partial charge in [0.1, 0.15) is 5.75 Å². The van der Waals surface area contributed by atoms with Crippen LogP contribution in [0.2, 0.25) is 0 Å². The van der Waals surface area contributed by atoms with Crippen LogP contribution < -0.4 is 10.1 Å². The lowest BCUT2D eigenvalue weighted by Crippen LogP contribution is -2.41. The van der Waals surface area contributed by atoms with Crippen molar-refractivity contribution in [2.45, 2.75) is 37.1 Å². The highest BCUT2D eigenvalue weighted by Gasteiger charge is 2.41. The highest BCUT2D eigenvalue weighted by atomic mass is 16.5. The molecule has 0 spiro atoms. The van der Waals surface area contributed by atoms with Crippen LogP contribution in [0, 0.1) is 0 Å². The van der Waals surface area contributed by atoms with E-state index in [-0.39, 0.29) is 12.0 Å². The number of ether oxygens (including phenoxy) is 1. The highest BCUT2D eigenvalue weighted by molar-refractivity contribution is 5.29. The van der Waals surface area contributed by atoms with Gasteiger partial charge in [0.25, 0.3) is 0 Å². The third-order valence-corrected chi connectivity index (χ3v) is 4.59. The second-order valence-electron chi connectivity index (χ2n) is 6.07. The van der Waals surface area contributed by atoms with E-state index in [1.165, 1.54) is 0 Å². The summed E-state index contributed by atoms with van der Waals surface area (Å²) in [5.41, 5.74) is 2.23. The van der Waals surface area contributed by atoms with E-state index in [1.807, 2.05) is 42.5 Å². The minimum Gasteiger partial charge on any atom is -0.497 e. The van der Waals surface area contributed by atoms with Gasteiger partial charge in [-0.2, -0.15) is 0 Å². The van der Waals surface area contributed by atoms with E-state index in [1.54, 1.807) is 7.11 Å². The molecule has 122 valence electrons. The van der Waals surface area contributed by atoms with Crippen molar-refractivity contribution in [2.24, 2.45) is 0 Å². The van der Waals surface area contributed by atoms with E-state index in [2.05, 4.69) is 17.4 Å². The molecule has 0 radical (unpaired) electrons. The average Bonchev–Trinajstić information content (AvgIpc) is 2.89. The van der Waals surface area contributed by atoms with Crippen molar-refractivity contribution in [1.29, 1.82) is 0 Å². The van der Waals surface area contributed by atoms with Gasteiger partial charge in [-0.3, -0.25) is 0 Å². The molecular weight excluding hydrogens is 290 g/mol. The fourth-order valence-corrected chi connectivity index (χ4v) is 3.35. The molecule has 2 aromatic rings. The van der Waals surface area contributed by atoms with Gasteiger partial charge in [-0.15, -0.1) is 0 Å². The molecule has 3 rings (SSSR count). The first-order chi connectivity index (χ1) is 11.2. The zero-order valence-corrected chi connectivity index (χ0v) is 13.2. The molecule has 2 aromatic carbocycles. The standard InChI is InChI=1S/C19H23NO3/c1-23-15-9-5-6-13(10-15)12-20-18-16(11-17(21)19(18)22)14-7-3-2-4-8-14/h2-10,16-22H,11-12H2,1H3/t16-,17-,18-,19-/m1/s1. The number of aliphatic hydroxyl groups excluding tert-OH is 2. The zero-order valence-electron chi connectivity index (χ0n) is 13.2. The van der Waals surface area contributed by atoms with E-state index in [0.717, 1.165) is 16.9 Å². The minimum absolute atomic E-state index is 0.104. The fourth-order valence-electron chi connectivity index (χ4n) is 3.35. The molecule has 4 heteroatoms. The van der Waals surface area contributed by atoms with Crippen molar-refractivity contribution >= 4 is 0 Å². The second-order valence-corrected chi connectivity index (χ2v) is 6.07. The summed E-state index contributed by atoms with van der Waals surface area (Å²) < 4.78 is 5.24. The number of rotatable bonds is 5. The smallest absolute Gasteiger partial charge is 0.119 e. The molecule has 3 N–H and O–H groups in total. The van der Waals surface area contributed by atoms with Crippen LogP contribution in [0.1, 0.15) is 23.5 Å². The quantitative estimate of drug-likeness (QED) is 0.791. The lowest BCUT2D eigenvalue weighted by molar-refractivity contribution is 0.0297. The van der Waals surface area contributed by atoms with Crippen molar-refractivity contribution in [2.75, 3.05) is 7.11 Å². The number of methoxy groups -OCH3 is 1. The molecule has 0 aliphatic heterocycles. The van der Waals surface area contributed by atoms with Gasteiger partial charge < -0.3 is 20.3 Å². The van der Waals surface area contributed by atoms with Gasteiger partial charge in [0.05, 0.1) is 19.3 Å². The molecule has 0 amide bonds. The Morgan fingerprint density at radius 2 is 1.87 bits per heavy atom. The molecule has 23 heavy (non-hydrogen) atoms. The molecular formula is C19H23NO3. The van der Waals surface area contributed by atoms with Crippen LogP contribution in [0.5, 0.6) is 5.75 Å². The highest BCUT2D eigenvalue weighted by Crippen LogP contribution is 2.35. The maximum absolute atomic E-state index is 10.3. The summed E-state index contributed by atoms with van der Waals surface area (Å²) in [6, 6.07) is 17.7. The maximum Gasteiger partial charge on any atom is 0.119 e. The Labute approximate surface area is 136 Å². The summed E-state index contributed by atoms with van der Waals surface area (Å²) >= 11 is 0. The molecule has 1 saturated carbocycles. The molecule has 0 heterocycles. The first kappa shape index (κ1) is 16.0. The lowest BCUT2D eigenvalue weighted by Gasteiger charge is -2.24. The van der Waals surface area contributed by atoms with E-state index in [0.29, 0.717) is 13.0 Å². The number of benzene rings is 2. The number of hydrogen-bond acceptors (Lipinski definition) is 4. The molecule has 1 aliphatic carbocycles. The predicted octanol–water partition coefficient (Wildman–Crippen LogP) is 2.06. The Kier molecular flexibility index (Phi) is 4.96. The largest absolute Gasteiger partial charge is 0.497 e. The summed E-state index contributed by atoms with van der Waals surface area (Å²) in [5.74, 6) is 0.919. The van der Waals surface area contributed by atoms with Crippen LogP contribution in [-0.4, -0.2) is 35.6 Å². The molecule has 0 aromatic heterocycles. The maximum atomic E-state index is 10.3. The van der Waals surface area contributed by atoms with Gasteiger partial charge >= 0.3 is 0 Å². The summed E-state index contributed by atoms with van der Waals surface area (Å²) in [7, 11) is 1.65. The van der Waals surface area contributed by atoms with Gasteiger partial charge in [0, 0.05) is 18.5 Å². The first-order valence-electron chi connectivity index (χ1n) is 7.96. The molecule has 1 aliphatic rings. The molecule has 0 unspecified atom stereocenters. The number of hydrogen-bond donors (Lipinski definition) is 3. The normalized spacial score (nSPS) is 27.1. The van der Waals surface area contributed by atoms with Crippen LogP contribution in [0.3, 0.4) is 0 Å². The van der Waals surface area contributed by atoms with Gasteiger partial charge in [-0.1, -0.05) is 42.5 Å². The summed E-state index contributed by atoms with van der Waals surface area (Å²) in [6.07, 6.45) is -0.880. The van der Waals surface area contributed by atoms with Crippen LogP contribution in [-0.2, 0) is 6.54 Å².